The third-order valence-electron chi connectivity index (χ3n) is 7.61. The predicted octanol–water partition coefficient (Wildman–Crippen LogP) is 5.55. The zero-order valence-corrected chi connectivity index (χ0v) is 30.6. The summed E-state index contributed by atoms with van der Waals surface area (Å²) in [7, 11) is 1.35. The number of carboxylic acids is 1. The second-order valence-electron chi connectivity index (χ2n) is 11.6. The summed E-state index contributed by atoms with van der Waals surface area (Å²) in [6, 6.07) is 8.08. The van der Waals surface area contributed by atoms with Gasteiger partial charge in [0.25, 0.3) is 0 Å². The van der Waals surface area contributed by atoms with Gasteiger partial charge in [-0.05, 0) is 23.6 Å². The van der Waals surface area contributed by atoms with E-state index in [1.54, 1.807) is 24.3 Å². The number of methoxy groups -OCH3 is 2. The number of carbonyl (C=O) groups excluding carboxylic acids is 3. The number of rotatable bonds is 18. The SMILES string of the molecule is COc1cc2sc(C(=O)CC(C)C(=O)O)cc2cc1OCCCOc1c(OC)cc2sc(C(=O)CC(C)C(=O)NS(=O)(=O)N(C)C)cc2c1F. The topological polar surface area (TPSA) is 175 Å². The maximum atomic E-state index is 15.7. The van der Waals surface area contributed by atoms with E-state index in [4.69, 9.17) is 24.1 Å². The third kappa shape index (κ3) is 8.88. The van der Waals surface area contributed by atoms with Gasteiger partial charge in [0, 0.05) is 66.2 Å². The summed E-state index contributed by atoms with van der Waals surface area (Å²) < 4.78 is 66.1. The molecule has 0 aliphatic heterocycles. The first kappa shape index (κ1) is 38.5. The Kier molecular flexibility index (Phi) is 12.4. The van der Waals surface area contributed by atoms with Crippen molar-refractivity contribution in [2.24, 2.45) is 11.8 Å². The zero-order chi connectivity index (χ0) is 36.9. The van der Waals surface area contributed by atoms with Gasteiger partial charge in [-0.3, -0.25) is 19.2 Å². The van der Waals surface area contributed by atoms with Gasteiger partial charge in [0.05, 0.1) is 43.1 Å². The number of benzene rings is 2. The minimum absolute atomic E-state index is 0.0423. The van der Waals surface area contributed by atoms with Crippen LogP contribution in [-0.2, 0) is 19.8 Å². The number of nitrogens with one attached hydrogen (secondary N) is 1. The molecule has 270 valence electrons. The average molecular weight is 753 g/mol. The molecule has 2 atom stereocenters. The van der Waals surface area contributed by atoms with Crippen LogP contribution in [0.3, 0.4) is 0 Å². The van der Waals surface area contributed by atoms with E-state index in [0.717, 1.165) is 25.7 Å². The van der Waals surface area contributed by atoms with E-state index in [1.807, 2.05) is 4.72 Å². The number of amides is 1. The number of nitrogens with zero attached hydrogens (tertiary/aromatic N) is 1. The first-order valence-electron chi connectivity index (χ1n) is 15.3. The maximum absolute atomic E-state index is 15.7. The lowest BCUT2D eigenvalue weighted by Gasteiger charge is -2.15. The van der Waals surface area contributed by atoms with E-state index in [9.17, 15) is 27.6 Å². The van der Waals surface area contributed by atoms with Crippen molar-refractivity contribution >= 4 is 76.5 Å². The molecule has 50 heavy (non-hydrogen) atoms. The first-order valence-corrected chi connectivity index (χ1v) is 18.3. The molecule has 2 aromatic carbocycles. The Morgan fingerprint density at radius 3 is 2.04 bits per heavy atom. The standard InChI is InChI=1S/C33H37FN2O11S3/c1-17(32(39)35-50(42,43)36(3)4)10-21(37)29-14-20-27(49-29)16-25(45-6)31(30(20)34)47-9-7-8-46-24-12-19-13-28(22(38)11-18(2)33(40)41)48-26(19)15-23(24)44-5/h12-18H,7-11H2,1-6H3,(H,35,39)(H,40,41). The molecule has 2 N–H and O–H groups in total. The molecule has 0 spiro atoms. The minimum atomic E-state index is -4.02. The highest BCUT2D eigenvalue weighted by molar-refractivity contribution is 7.87. The van der Waals surface area contributed by atoms with E-state index in [2.05, 4.69) is 0 Å². The van der Waals surface area contributed by atoms with E-state index in [1.165, 1.54) is 59.6 Å². The Bertz CT molecular complexity index is 2040. The van der Waals surface area contributed by atoms with Crippen molar-refractivity contribution in [2.45, 2.75) is 33.1 Å². The number of aliphatic carboxylic acids is 1. The number of Topliss-reactive ketones (excluding diaryl/α,β-unsaturated/α-hetero) is 2. The summed E-state index contributed by atoms with van der Waals surface area (Å²) >= 11 is 2.25. The van der Waals surface area contributed by atoms with Crippen LogP contribution < -0.4 is 23.7 Å². The lowest BCUT2D eigenvalue weighted by molar-refractivity contribution is -0.141. The van der Waals surface area contributed by atoms with Gasteiger partial charge in [-0.15, -0.1) is 22.7 Å². The maximum Gasteiger partial charge on any atom is 0.306 e. The largest absolute Gasteiger partial charge is 0.493 e. The fraction of sp³-hybridized carbons (Fsp3) is 0.394. The summed E-state index contributed by atoms with van der Waals surface area (Å²) in [5.74, 6) is -4.26. The smallest absolute Gasteiger partial charge is 0.306 e. The summed E-state index contributed by atoms with van der Waals surface area (Å²) in [4.78, 5) is 49.7. The number of halogens is 1. The van der Waals surface area contributed by atoms with Crippen molar-refractivity contribution in [3.8, 4) is 23.0 Å². The predicted molar refractivity (Wildman–Crippen MR) is 187 cm³/mol. The van der Waals surface area contributed by atoms with Crippen LogP contribution in [0.5, 0.6) is 23.0 Å². The molecule has 0 saturated carbocycles. The summed E-state index contributed by atoms with van der Waals surface area (Å²) in [6.45, 7) is 3.11. The second kappa shape index (κ2) is 16.1. The zero-order valence-electron chi connectivity index (χ0n) is 28.2. The number of hydrogen-bond acceptors (Lipinski definition) is 12. The van der Waals surface area contributed by atoms with Crippen LogP contribution in [0.1, 0.15) is 52.5 Å². The average Bonchev–Trinajstić information content (AvgIpc) is 3.69. The van der Waals surface area contributed by atoms with Crippen LogP contribution in [0.4, 0.5) is 4.39 Å². The Hall–Kier alpha value is -4.32. The molecule has 0 radical (unpaired) electrons. The van der Waals surface area contributed by atoms with Gasteiger partial charge in [-0.25, -0.2) is 9.11 Å². The quantitative estimate of drug-likeness (QED) is 0.0964. The summed E-state index contributed by atoms with van der Waals surface area (Å²) in [6.07, 6.45) is -0.0717. The van der Waals surface area contributed by atoms with Gasteiger partial charge >= 0.3 is 16.2 Å². The van der Waals surface area contributed by atoms with Crippen LogP contribution in [0.15, 0.2) is 30.3 Å². The third-order valence-corrected chi connectivity index (χ3v) is 11.3. The minimum Gasteiger partial charge on any atom is -0.493 e. The Labute approximate surface area is 296 Å². The van der Waals surface area contributed by atoms with Gasteiger partial charge < -0.3 is 24.1 Å². The first-order chi connectivity index (χ1) is 23.6. The van der Waals surface area contributed by atoms with Crippen LogP contribution in [-0.4, -0.2) is 82.8 Å². The molecule has 17 heteroatoms. The molecule has 1 amide bonds. The fourth-order valence-electron chi connectivity index (χ4n) is 4.65. The van der Waals surface area contributed by atoms with Crippen molar-refractivity contribution in [3.05, 3.63) is 45.9 Å². The van der Waals surface area contributed by atoms with Gasteiger partial charge in [-0.2, -0.15) is 12.7 Å². The highest BCUT2D eigenvalue weighted by Crippen LogP contribution is 2.41. The Morgan fingerprint density at radius 1 is 0.840 bits per heavy atom. The van der Waals surface area contributed by atoms with Crippen molar-refractivity contribution in [3.63, 3.8) is 0 Å². The lowest BCUT2D eigenvalue weighted by atomic mass is 10.0. The van der Waals surface area contributed by atoms with Gasteiger partial charge in [0.15, 0.2) is 40.4 Å². The van der Waals surface area contributed by atoms with Gasteiger partial charge in [0.2, 0.25) is 5.91 Å². The van der Waals surface area contributed by atoms with Crippen molar-refractivity contribution in [2.75, 3.05) is 41.5 Å². The molecule has 4 rings (SSSR count). The van der Waals surface area contributed by atoms with E-state index < -0.39 is 45.5 Å². The highest BCUT2D eigenvalue weighted by atomic mass is 32.2. The van der Waals surface area contributed by atoms with E-state index in [0.29, 0.717) is 27.5 Å². The lowest BCUT2D eigenvalue weighted by Crippen LogP contribution is -2.42. The molecule has 0 aliphatic rings. The second-order valence-corrected chi connectivity index (χ2v) is 15.6. The highest BCUT2D eigenvalue weighted by Gasteiger charge is 2.26. The molecule has 2 unspecified atom stereocenters. The molecular formula is C33H37FN2O11S3. The van der Waals surface area contributed by atoms with Crippen LogP contribution in [0, 0.1) is 17.7 Å². The Balaban J connectivity index is 1.39. The molecule has 0 saturated heterocycles. The molecule has 2 heterocycles. The monoisotopic (exact) mass is 752 g/mol. The van der Waals surface area contributed by atoms with Gasteiger partial charge in [0.1, 0.15) is 0 Å². The number of carboxylic acid groups (broad SMARTS) is 1. The van der Waals surface area contributed by atoms with Crippen LogP contribution >= 0.6 is 22.7 Å². The molecular weight excluding hydrogens is 716 g/mol. The van der Waals surface area contributed by atoms with E-state index >= 15 is 4.39 Å². The molecule has 0 bridgehead atoms. The van der Waals surface area contributed by atoms with Crippen molar-refractivity contribution in [1.82, 2.24) is 9.03 Å². The molecule has 2 aromatic heterocycles. The number of ketones is 2. The molecule has 13 nitrogen and oxygen atoms in total. The normalized spacial score (nSPS) is 12.9. The number of thiophene rings is 2. The molecule has 4 aromatic rings. The fourth-order valence-corrected chi connectivity index (χ4v) is 7.35. The Morgan fingerprint density at radius 2 is 1.42 bits per heavy atom. The van der Waals surface area contributed by atoms with Crippen molar-refractivity contribution in [1.29, 1.82) is 0 Å². The van der Waals surface area contributed by atoms with Gasteiger partial charge in [-0.1, -0.05) is 13.8 Å². The molecule has 0 fully saturated rings. The number of carbonyl (C=O) groups is 4. The van der Waals surface area contributed by atoms with E-state index in [-0.39, 0.29) is 53.6 Å². The van der Waals surface area contributed by atoms with Crippen LogP contribution in [0.25, 0.3) is 20.2 Å². The van der Waals surface area contributed by atoms with Crippen molar-refractivity contribution < 1.29 is 56.0 Å². The molecule has 0 aliphatic carbocycles. The number of hydrogen-bond donors (Lipinski definition) is 2. The van der Waals surface area contributed by atoms with Crippen LogP contribution in [0.2, 0.25) is 0 Å². The summed E-state index contributed by atoms with van der Waals surface area (Å²) in [5.41, 5.74) is 0. The number of ether oxygens (including phenoxy) is 4. The summed E-state index contributed by atoms with van der Waals surface area (Å²) in [5, 5.41) is 9.99. The number of fused-ring (bicyclic) bond motifs is 2.